The fraction of sp³-hybridized carbons (Fsp3) is 0.423. The minimum atomic E-state index is -0.328. The average Bonchev–Trinajstić information content (AvgIpc) is 3.53. The van der Waals surface area contributed by atoms with Crippen molar-refractivity contribution in [1.82, 2.24) is 20.4 Å². The largest absolute Gasteiger partial charge is 0.454 e. The number of hydrogen-bond donors (Lipinski definition) is 1. The molecule has 2 aromatic carbocycles. The molecule has 5 rings (SSSR count). The van der Waals surface area contributed by atoms with Gasteiger partial charge in [0.2, 0.25) is 12.7 Å². The number of fused-ring (bicyclic) bond motifs is 1. The molecule has 2 aliphatic heterocycles. The van der Waals surface area contributed by atoms with Crippen LogP contribution in [-0.2, 0) is 12.8 Å². The standard InChI is InChI=1S/C26H30N4O4/c31-25(26-29-28-24(34-26)17-21-7-8-22-23(16-21)33-18-32-22)27-11-4-12-30-13-9-20(10-14-30)15-19-5-2-1-3-6-19/h1-3,5-8,16,20H,4,9-15,17-18H2,(H,27,31). The van der Waals surface area contributed by atoms with Crippen LogP contribution in [0.15, 0.2) is 52.9 Å². The van der Waals surface area contributed by atoms with Gasteiger partial charge in [-0.3, -0.25) is 4.79 Å². The molecule has 3 heterocycles. The van der Waals surface area contributed by atoms with Crippen molar-refractivity contribution in [3.05, 3.63) is 71.4 Å². The van der Waals surface area contributed by atoms with E-state index in [1.807, 2.05) is 18.2 Å². The predicted octanol–water partition coefficient (Wildman–Crippen LogP) is 3.46. The predicted molar refractivity (Wildman–Crippen MR) is 126 cm³/mol. The van der Waals surface area contributed by atoms with Gasteiger partial charge in [0, 0.05) is 6.54 Å². The number of nitrogens with zero attached hydrogens (tertiary/aromatic N) is 3. The van der Waals surface area contributed by atoms with Gasteiger partial charge in [0.05, 0.1) is 6.42 Å². The zero-order valence-corrected chi connectivity index (χ0v) is 19.2. The molecule has 3 aromatic rings. The molecule has 0 atom stereocenters. The number of amides is 1. The number of ether oxygens (including phenoxy) is 2. The fourth-order valence-corrected chi connectivity index (χ4v) is 4.58. The van der Waals surface area contributed by atoms with Crippen LogP contribution < -0.4 is 14.8 Å². The quantitative estimate of drug-likeness (QED) is 0.487. The first kappa shape index (κ1) is 22.4. The summed E-state index contributed by atoms with van der Waals surface area (Å²) in [6.45, 7) is 4.05. The number of carbonyl (C=O) groups excluding carboxylic acids is 1. The first-order valence-corrected chi connectivity index (χ1v) is 12.0. The lowest BCUT2D eigenvalue weighted by atomic mass is 9.90. The van der Waals surface area contributed by atoms with Crippen molar-refractivity contribution in [1.29, 1.82) is 0 Å². The molecule has 1 amide bonds. The highest BCUT2D eigenvalue weighted by Gasteiger charge is 2.20. The number of piperidine rings is 1. The van der Waals surface area contributed by atoms with Gasteiger partial charge in [-0.15, -0.1) is 10.2 Å². The Kier molecular flexibility index (Phi) is 7.05. The highest BCUT2D eigenvalue weighted by atomic mass is 16.7. The molecule has 8 nitrogen and oxygen atoms in total. The molecule has 1 N–H and O–H groups in total. The Labute approximate surface area is 199 Å². The second-order valence-electron chi connectivity index (χ2n) is 8.95. The van der Waals surface area contributed by atoms with Gasteiger partial charge in [-0.25, -0.2) is 0 Å². The molecule has 0 aliphatic carbocycles. The van der Waals surface area contributed by atoms with Crippen LogP contribution in [-0.4, -0.2) is 54.0 Å². The molecule has 2 aliphatic rings. The Balaban J connectivity index is 0.999. The van der Waals surface area contributed by atoms with Crippen molar-refractivity contribution in [2.45, 2.75) is 32.1 Å². The van der Waals surface area contributed by atoms with Crippen molar-refractivity contribution in [3.8, 4) is 11.5 Å². The van der Waals surface area contributed by atoms with Crippen LogP contribution in [0.5, 0.6) is 11.5 Å². The average molecular weight is 463 g/mol. The topological polar surface area (TPSA) is 89.7 Å². The summed E-state index contributed by atoms with van der Waals surface area (Å²) in [5.41, 5.74) is 2.39. The summed E-state index contributed by atoms with van der Waals surface area (Å²) in [6, 6.07) is 16.4. The van der Waals surface area contributed by atoms with E-state index in [4.69, 9.17) is 13.9 Å². The lowest BCUT2D eigenvalue weighted by molar-refractivity contribution is 0.0914. The molecule has 0 radical (unpaired) electrons. The minimum Gasteiger partial charge on any atom is -0.454 e. The number of aromatic nitrogens is 2. The van der Waals surface area contributed by atoms with E-state index in [9.17, 15) is 4.79 Å². The Bertz CT molecular complexity index is 1090. The lowest BCUT2D eigenvalue weighted by Gasteiger charge is -2.32. The maximum absolute atomic E-state index is 12.4. The van der Waals surface area contributed by atoms with Crippen molar-refractivity contribution in [2.24, 2.45) is 5.92 Å². The number of nitrogens with one attached hydrogen (secondary N) is 1. The van der Waals surface area contributed by atoms with Crippen LogP contribution in [0.25, 0.3) is 0 Å². The normalized spacial score (nSPS) is 16.0. The van der Waals surface area contributed by atoms with Crippen LogP contribution in [0.4, 0.5) is 0 Å². The summed E-state index contributed by atoms with van der Waals surface area (Å²) in [7, 11) is 0. The second kappa shape index (κ2) is 10.7. The maximum Gasteiger partial charge on any atom is 0.308 e. The molecule has 0 unspecified atom stereocenters. The van der Waals surface area contributed by atoms with Gasteiger partial charge in [0.15, 0.2) is 11.5 Å². The summed E-state index contributed by atoms with van der Waals surface area (Å²) in [5.74, 6) is 2.26. The van der Waals surface area contributed by atoms with Crippen LogP contribution in [0, 0.1) is 5.92 Å². The van der Waals surface area contributed by atoms with Gasteiger partial charge in [0.1, 0.15) is 0 Å². The smallest absolute Gasteiger partial charge is 0.308 e. The lowest BCUT2D eigenvalue weighted by Crippen LogP contribution is -2.36. The van der Waals surface area contributed by atoms with Crippen molar-refractivity contribution in [2.75, 3.05) is 33.0 Å². The maximum atomic E-state index is 12.4. The fourth-order valence-electron chi connectivity index (χ4n) is 4.58. The van der Waals surface area contributed by atoms with Gasteiger partial charge < -0.3 is 24.1 Å². The molecule has 178 valence electrons. The highest BCUT2D eigenvalue weighted by molar-refractivity contribution is 5.89. The van der Waals surface area contributed by atoms with Crippen molar-refractivity contribution in [3.63, 3.8) is 0 Å². The zero-order valence-electron chi connectivity index (χ0n) is 19.2. The summed E-state index contributed by atoms with van der Waals surface area (Å²) in [5, 5.41) is 10.8. The molecular formula is C26H30N4O4. The first-order valence-electron chi connectivity index (χ1n) is 12.0. The molecule has 1 saturated heterocycles. The molecule has 0 saturated carbocycles. The molecular weight excluding hydrogens is 432 g/mol. The summed E-state index contributed by atoms with van der Waals surface area (Å²) in [6.07, 6.45) is 4.96. The molecule has 34 heavy (non-hydrogen) atoms. The molecule has 1 aromatic heterocycles. The van der Waals surface area contributed by atoms with Crippen LogP contribution in [0.2, 0.25) is 0 Å². The van der Waals surface area contributed by atoms with Crippen LogP contribution in [0.1, 0.15) is 47.0 Å². The van der Waals surface area contributed by atoms with E-state index in [1.54, 1.807) is 0 Å². The third-order valence-corrected chi connectivity index (χ3v) is 6.46. The number of carbonyl (C=O) groups is 1. The third-order valence-electron chi connectivity index (χ3n) is 6.46. The Morgan fingerprint density at radius 2 is 1.82 bits per heavy atom. The molecule has 1 fully saturated rings. The monoisotopic (exact) mass is 462 g/mol. The van der Waals surface area contributed by atoms with Gasteiger partial charge in [-0.2, -0.15) is 0 Å². The summed E-state index contributed by atoms with van der Waals surface area (Å²) < 4.78 is 16.3. The molecule has 8 heteroatoms. The van der Waals surface area contributed by atoms with E-state index in [-0.39, 0.29) is 18.6 Å². The Morgan fingerprint density at radius 1 is 1.00 bits per heavy atom. The van der Waals surface area contributed by atoms with E-state index in [0.29, 0.717) is 24.6 Å². The van der Waals surface area contributed by atoms with Gasteiger partial charge in [0.25, 0.3) is 0 Å². The van der Waals surface area contributed by atoms with Crippen LogP contribution in [0.3, 0.4) is 0 Å². The zero-order chi connectivity index (χ0) is 23.2. The van der Waals surface area contributed by atoms with Gasteiger partial charge in [-0.05, 0) is 74.5 Å². The van der Waals surface area contributed by atoms with Crippen molar-refractivity contribution < 1.29 is 18.7 Å². The van der Waals surface area contributed by atoms with E-state index < -0.39 is 0 Å². The number of hydrogen-bond acceptors (Lipinski definition) is 7. The molecule has 0 bridgehead atoms. The van der Waals surface area contributed by atoms with Gasteiger partial charge >= 0.3 is 11.8 Å². The highest BCUT2D eigenvalue weighted by Crippen LogP contribution is 2.33. The number of benzene rings is 2. The van der Waals surface area contributed by atoms with E-state index in [2.05, 4.69) is 50.7 Å². The third kappa shape index (κ3) is 5.75. The molecule has 0 spiro atoms. The number of likely N-dealkylation sites (tertiary alicyclic amines) is 1. The van der Waals surface area contributed by atoms with Crippen LogP contribution >= 0.6 is 0 Å². The van der Waals surface area contributed by atoms with E-state index in [1.165, 1.54) is 24.8 Å². The second-order valence-corrected chi connectivity index (χ2v) is 8.95. The SMILES string of the molecule is O=C(NCCCN1CCC(Cc2ccccc2)CC1)c1nnc(Cc2ccc3c(c2)OCO3)o1. The Morgan fingerprint density at radius 3 is 2.68 bits per heavy atom. The Hall–Kier alpha value is -3.39. The summed E-state index contributed by atoms with van der Waals surface area (Å²) in [4.78, 5) is 14.9. The van der Waals surface area contributed by atoms with E-state index >= 15 is 0 Å². The van der Waals surface area contributed by atoms with E-state index in [0.717, 1.165) is 43.3 Å². The van der Waals surface area contributed by atoms with Gasteiger partial charge in [-0.1, -0.05) is 36.4 Å². The summed E-state index contributed by atoms with van der Waals surface area (Å²) >= 11 is 0. The van der Waals surface area contributed by atoms with Crippen molar-refractivity contribution >= 4 is 5.91 Å². The first-order chi connectivity index (χ1) is 16.7. The number of rotatable bonds is 9. The minimum absolute atomic E-state index is 0.00234.